The summed E-state index contributed by atoms with van der Waals surface area (Å²) in [5.41, 5.74) is -3.32. The molecule has 78 heavy (non-hydrogen) atoms. The molecule has 4 saturated carbocycles. The zero-order valence-electron chi connectivity index (χ0n) is 55.2. The Morgan fingerprint density at radius 1 is 0.192 bits per heavy atom. The molecular formula is C62H120O16. The van der Waals surface area contributed by atoms with E-state index in [1.54, 1.807) is 0 Å². The Hall–Kier alpha value is -0.640. The van der Waals surface area contributed by atoms with E-state index in [1.165, 1.54) is 0 Å². The second-order valence-electron chi connectivity index (χ2n) is 32.6. The van der Waals surface area contributed by atoms with Crippen molar-refractivity contribution < 1.29 is 78.2 Å². The van der Waals surface area contributed by atoms with Crippen LogP contribution in [0.25, 0.3) is 0 Å². The summed E-state index contributed by atoms with van der Waals surface area (Å²) in [6.45, 7) is 56.8. The lowest BCUT2D eigenvalue weighted by molar-refractivity contribution is -0.547. The van der Waals surface area contributed by atoms with Gasteiger partial charge < -0.3 is 0 Å². The van der Waals surface area contributed by atoms with Gasteiger partial charge in [0.15, 0.2) is 0 Å². The second kappa shape index (κ2) is 26.7. The summed E-state index contributed by atoms with van der Waals surface area (Å²) in [6, 6.07) is 0. The van der Waals surface area contributed by atoms with Gasteiger partial charge in [-0.05, 0) is 252 Å². The Balaban J connectivity index is 0.000000410. The molecule has 4 aliphatic rings. The maximum Gasteiger partial charge on any atom is 0.234 e. The summed E-state index contributed by atoms with van der Waals surface area (Å²) in [5, 5.41) is 0. The summed E-state index contributed by atoms with van der Waals surface area (Å²) >= 11 is 0. The third-order valence-electron chi connectivity index (χ3n) is 14.7. The van der Waals surface area contributed by atoms with E-state index in [2.05, 4.69) is 27.7 Å². The molecule has 464 valence electrons. The van der Waals surface area contributed by atoms with Gasteiger partial charge in [0.05, 0.1) is 44.8 Å². The van der Waals surface area contributed by atoms with Gasteiger partial charge in [0.1, 0.15) is 0 Å². The summed E-state index contributed by atoms with van der Waals surface area (Å²) in [4.78, 5) is 93.6. The van der Waals surface area contributed by atoms with E-state index in [-0.39, 0.29) is 10.8 Å². The standard InChI is InChI=1S/2C31H60O8/c2*1-25(2,3)32-36-30(37-33-26(4,5)6)19-15-23(16-20-30)29(13,14)24-17-21-31(22-18-24,38-34-27(7,8)9)39-35-28(10,11)12/h2*23-24H,15-22H2,1-14H3. The highest BCUT2D eigenvalue weighted by molar-refractivity contribution is 4.95. The first-order valence-electron chi connectivity index (χ1n) is 29.8. The highest BCUT2D eigenvalue weighted by Crippen LogP contribution is 2.55. The lowest BCUT2D eigenvalue weighted by Gasteiger charge is -2.49. The van der Waals surface area contributed by atoms with Gasteiger partial charge >= 0.3 is 0 Å². The van der Waals surface area contributed by atoms with Gasteiger partial charge in [-0.3, -0.25) is 0 Å². The number of rotatable bonds is 20. The van der Waals surface area contributed by atoms with Crippen molar-refractivity contribution in [2.24, 2.45) is 34.5 Å². The fourth-order valence-corrected chi connectivity index (χ4v) is 10.2. The zero-order chi connectivity index (χ0) is 59.9. The van der Waals surface area contributed by atoms with Crippen molar-refractivity contribution in [2.45, 2.75) is 365 Å². The van der Waals surface area contributed by atoms with E-state index in [0.29, 0.717) is 75.0 Å². The number of hydrogen-bond acceptors (Lipinski definition) is 16. The predicted octanol–water partition coefficient (Wildman–Crippen LogP) is 17.5. The van der Waals surface area contributed by atoms with Crippen molar-refractivity contribution in [3.63, 3.8) is 0 Å². The smallest absolute Gasteiger partial charge is 0.228 e. The highest BCUT2D eigenvalue weighted by atomic mass is 17.3. The van der Waals surface area contributed by atoms with Crippen molar-refractivity contribution in [3.05, 3.63) is 0 Å². The quantitative estimate of drug-likeness (QED) is 0.0646. The van der Waals surface area contributed by atoms with E-state index >= 15 is 0 Å². The third kappa shape index (κ3) is 25.7. The molecule has 0 saturated heterocycles. The first-order chi connectivity index (χ1) is 34.9. The second-order valence-corrected chi connectivity index (χ2v) is 32.6. The summed E-state index contributed by atoms with van der Waals surface area (Å²) in [6.07, 6.45) is 13.3. The topological polar surface area (TPSA) is 148 Å². The van der Waals surface area contributed by atoms with Gasteiger partial charge in [-0.25, -0.2) is 39.1 Å². The molecule has 4 aliphatic carbocycles. The van der Waals surface area contributed by atoms with Crippen LogP contribution in [-0.4, -0.2) is 68.0 Å². The molecule has 0 N–H and O–H groups in total. The first kappa shape index (κ1) is 71.6. The average Bonchev–Trinajstić information content (AvgIpc) is 3.28. The van der Waals surface area contributed by atoms with Crippen LogP contribution in [0.15, 0.2) is 0 Å². The van der Waals surface area contributed by atoms with Gasteiger partial charge in [-0.15, -0.1) is 0 Å². The maximum atomic E-state index is 5.96. The molecule has 0 aliphatic heterocycles. The third-order valence-corrected chi connectivity index (χ3v) is 14.7. The fraction of sp³-hybridized carbons (Fsp3) is 1.00. The molecule has 4 rings (SSSR count). The minimum Gasteiger partial charge on any atom is -0.228 e. The summed E-state index contributed by atoms with van der Waals surface area (Å²) in [7, 11) is 0. The van der Waals surface area contributed by atoms with Crippen LogP contribution in [0.3, 0.4) is 0 Å². The molecule has 0 amide bonds. The van der Waals surface area contributed by atoms with Crippen LogP contribution in [0.2, 0.25) is 0 Å². The molecule has 0 atom stereocenters. The average molecular weight is 1120 g/mol. The van der Waals surface area contributed by atoms with Crippen LogP contribution in [0.5, 0.6) is 0 Å². The first-order valence-corrected chi connectivity index (χ1v) is 29.8. The Labute approximate surface area is 475 Å². The Morgan fingerprint density at radius 2 is 0.295 bits per heavy atom. The lowest BCUT2D eigenvalue weighted by atomic mass is 9.60. The minimum atomic E-state index is -0.912. The van der Waals surface area contributed by atoms with Crippen molar-refractivity contribution in [2.75, 3.05) is 0 Å². The molecule has 0 radical (unpaired) electrons. The van der Waals surface area contributed by atoms with E-state index in [1.807, 2.05) is 166 Å². The monoisotopic (exact) mass is 1120 g/mol. The highest BCUT2D eigenvalue weighted by Gasteiger charge is 2.53. The molecule has 0 bridgehead atoms. The fourth-order valence-electron chi connectivity index (χ4n) is 10.2. The van der Waals surface area contributed by atoms with Crippen LogP contribution in [0, 0.1) is 34.5 Å². The van der Waals surface area contributed by atoms with Gasteiger partial charge in [-0.1, -0.05) is 27.7 Å². The molecule has 4 fully saturated rings. The van der Waals surface area contributed by atoms with E-state index in [0.717, 1.165) is 51.4 Å². The molecule has 0 heterocycles. The minimum absolute atomic E-state index is 0.115. The van der Waals surface area contributed by atoms with Crippen molar-refractivity contribution >= 4 is 0 Å². The Morgan fingerprint density at radius 3 is 0.385 bits per heavy atom. The molecule has 16 heteroatoms. The van der Waals surface area contributed by atoms with E-state index in [9.17, 15) is 0 Å². The predicted molar refractivity (Wildman–Crippen MR) is 302 cm³/mol. The van der Waals surface area contributed by atoms with Crippen molar-refractivity contribution in [3.8, 4) is 0 Å². The summed E-state index contributed by atoms with van der Waals surface area (Å²) in [5.74, 6) is -1.60. The normalized spacial score (nSPS) is 22.3. The summed E-state index contributed by atoms with van der Waals surface area (Å²) < 4.78 is 0. The molecular weight excluding hydrogens is 1000 g/mol. The van der Waals surface area contributed by atoms with E-state index < -0.39 is 68.0 Å². The Kier molecular flexibility index (Phi) is 24.5. The molecule has 0 spiro atoms. The zero-order valence-corrected chi connectivity index (χ0v) is 55.2. The van der Waals surface area contributed by atoms with Crippen LogP contribution in [-0.2, 0) is 78.2 Å². The lowest BCUT2D eigenvalue weighted by Crippen LogP contribution is -2.48. The molecule has 0 aromatic rings. The van der Waals surface area contributed by atoms with Gasteiger partial charge in [0.2, 0.25) is 23.1 Å². The van der Waals surface area contributed by atoms with Gasteiger partial charge in [0.25, 0.3) is 0 Å². The van der Waals surface area contributed by atoms with Crippen molar-refractivity contribution in [1.29, 1.82) is 0 Å². The Bertz CT molecular complexity index is 1390. The number of hydrogen-bond donors (Lipinski definition) is 0. The van der Waals surface area contributed by atoms with Gasteiger partial charge in [-0.2, -0.15) is 39.1 Å². The van der Waals surface area contributed by atoms with Crippen LogP contribution < -0.4 is 0 Å². The SMILES string of the molecule is CC(C)(C)OOC1(OOC(C)(C)C)CCC(C(C)(C)C2CCC(OOC(C)(C)C)(OOC(C)(C)C)CC2)CC1.CC(C)(C)OOC1(OOC(C)(C)C)CCC(C(C)(C)C2CCC(OOC(C)(C)C)(OOC(C)(C)C)CC2)CC1. The van der Waals surface area contributed by atoms with Crippen LogP contribution in [0.4, 0.5) is 0 Å². The van der Waals surface area contributed by atoms with Crippen molar-refractivity contribution in [1.82, 2.24) is 0 Å². The van der Waals surface area contributed by atoms with Crippen LogP contribution >= 0.6 is 0 Å². The maximum absolute atomic E-state index is 5.96. The molecule has 0 aromatic carbocycles. The molecule has 0 aromatic heterocycles. The van der Waals surface area contributed by atoms with E-state index in [4.69, 9.17) is 78.2 Å². The molecule has 0 unspecified atom stereocenters. The van der Waals surface area contributed by atoms with Crippen LogP contribution in [0.1, 0.15) is 297 Å². The molecule has 16 nitrogen and oxygen atoms in total. The van der Waals surface area contributed by atoms with Gasteiger partial charge in [0, 0.05) is 51.4 Å². The largest absolute Gasteiger partial charge is 0.234 e.